The summed E-state index contributed by atoms with van der Waals surface area (Å²) >= 11 is 0. The minimum absolute atomic E-state index is 0.210. The first-order valence-corrected chi connectivity index (χ1v) is 12.5. The van der Waals surface area contributed by atoms with Gasteiger partial charge in [-0.1, -0.05) is 0 Å². The van der Waals surface area contributed by atoms with Gasteiger partial charge in [0.25, 0.3) is 0 Å². The number of nitrogens with zero attached hydrogens (tertiary/aromatic N) is 2. The maximum absolute atomic E-state index is 12.5. The van der Waals surface area contributed by atoms with E-state index >= 15 is 0 Å². The lowest BCUT2D eigenvalue weighted by Crippen LogP contribution is -2.34. The van der Waals surface area contributed by atoms with Gasteiger partial charge in [-0.2, -0.15) is 0 Å². The molecule has 0 aliphatic heterocycles. The summed E-state index contributed by atoms with van der Waals surface area (Å²) in [6, 6.07) is 6.21. The van der Waals surface area contributed by atoms with Crippen molar-refractivity contribution in [3.05, 3.63) is 35.4 Å². The summed E-state index contributed by atoms with van der Waals surface area (Å²) < 4.78 is 42.6. The highest BCUT2D eigenvalue weighted by molar-refractivity contribution is 5.91. The third-order valence-corrected chi connectivity index (χ3v) is 6.08. The lowest BCUT2D eigenvalue weighted by Gasteiger charge is -2.22. The van der Waals surface area contributed by atoms with E-state index in [0.29, 0.717) is 58.7 Å². The molecule has 0 fully saturated rings. The number of carbonyl (C=O) groups is 2. The Kier molecular flexibility index (Phi) is 13.1. The Balaban J connectivity index is 1.75. The van der Waals surface area contributed by atoms with Crippen LogP contribution in [0.15, 0.2) is 24.3 Å². The highest BCUT2D eigenvalue weighted by Crippen LogP contribution is 2.39. The van der Waals surface area contributed by atoms with Crippen LogP contribution in [0.1, 0.15) is 20.7 Å². The average molecular weight is 565 g/mol. The summed E-state index contributed by atoms with van der Waals surface area (Å²) in [5.41, 5.74) is 0.607. The van der Waals surface area contributed by atoms with Crippen LogP contribution in [0.2, 0.25) is 0 Å². The van der Waals surface area contributed by atoms with Crippen LogP contribution in [0.3, 0.4) is 0 Å². The first-order chi connectivity index (χ1) is 19.2. The smallest absolute Gasteiger partial charge is 0.338 e. The van der Waals surface area contributed by atoms with E-state index in [2.05, 4.69) is 0 Å². The van der Waals surface area contributed by atoms with Gasteiger partial charge in [0.1, 0.15) is 13.2 Å². The van der Waals surface area contributed by atoms with Crippen molar-refractivity contribution < 1.29 is 47.5 Å². The maximum atomic E-state index is 12.5. The fourth-order valence-corrected chi connectivity index (χ4v) is 3.72. The molecular weight excluding hydrogens is 524 g/mol. The van der Waals surface area contributed by atoms with Crippen LogP contribution in [0.25, 0.3) is 0 Å². The highest BCUT2D eigenvalue weighted by Gasteiger charge is 2.19. The molecule has 12 nitrogen and oxygen atoms in total. The normalized spacial score (nSPS) is 10.8. The number of benzene rings is 2. The van der Waals surface area contributed by atoms with Crippen LogP contribution in [-0.2, 0) is 9.47 Å². The molecule has 0 radical (unpaired) electrons. The molecule has 2 aromatic rings. The standard InChI is InChI=1S/C28H40N2O10/c1-29(11-13-39-27(31)19-15-21(33-3)25(37-7)22(16-19)34-4)9-10-30(2)12-14-40-28(32)20-17-23(35-5)26(38-8)24(18-20)36-6/h15-18H,9-14H2,1-8H3. The third kappa shape index (κ3) is 8.82. The minimum atomic E-state index is -0.487. The molecule has 0 saturated carbocycles. The molecule has 0 aliphatic carbocycles. The third-order valence-electron chi connectivity index (χ3n) is 6.08. The van der Waals surface area contributed by atoms with Gasteiger partial charge in [0.15, 0.2) is 23.0 Å². The first-order valence-electron chi connectivity index (χ1n) is 12.5. The van der Waals surface area contributed by atoms with E-state index in [1.165, 1.54) is 42.7 Å². The van der Waals surface area contributed by atoms with Crippen LogP contribution in [-0.4, -0.2) is 118 Å². The van der Waals surface area contributed by atoms with E-state index in [4.69, 9.17) is 37.9 Å². The summed E-state index contributed by atoms with van der Waals surface area (Å²) in [6.07, 6.45) is 0. The molecule has 0 amide bonds. The van der Waals surface area contributed by atoms with Gasteiger partial charge in [-0.25, -0.2) is 9.59 Å². The molecule has 0 N–H and O–H groups in total. The number of ether oxygens (including phenoxy) is 8. The molecule has 0 aliphatic rings. The van der Waals surface area contributed by atoms with Crippen molar-refractivity contribution in [3.8, 4) is 34.5 Å². The number of rotatable bonds is 17. The van der Waals surface area contributed by atoms with Gasteiger partial charge in [-0.15, -0.1) is 0 Å². The van der Waals surface area contributed by atoms with Crippen molar-refractivity contribution in [1.29, 1.82) is 0 Å². The van der Waals surface area contributed by atoms with Crippen molar-refractivity contribution in [3.63, 3.8) is 0 Å². The van der Waals surface area contributed by atoms with Crippen molar-refractivity contribution in [2.45, 2.75) is 0 Å². The number of hydrogen-bond acceptors (Lipinski definition) is 12. The number of methoxy groups -OCH3 is 6. The van der Waals surface area contributed by atoms with Crippen molar-refractivity contribution in [2.75, 3.05) is 96.1 Å². The monoisotopic (exact) mass is 564 g/mol. The highest BCUT2D eigenvalue weighted by atomic mass is 16.5. The number of likely N-dealkylation sites (N-methyl/N-ethyl adjacent to an activating group) is 2. The van der Waals surface area contributed by atoms with Gasteiger partial charge in [0, 0.05) is 26.2 Å². The van der Waals surface area contributed by atoms with Gasteiger partial charge in [-0.3, -0.25) is 0 Å². The Hall–Kier alpha value is -3.90. The fraction of sp³-hybridized carbons (Fsp3) is 0.500. The fourth-order valence-electron chi connectivity index (χ4n) is 3.72. The van der Waals surface area contributed by atoms with E-state index in [1.807, 2.05) is 23.9 Å². The van der Waals surface area contributed by atoms with E-state index in [9.17, 15) is 9.59 Å². The van der Waals surface area contributed by atoms with Gasteiger partial charge < -0.3 is 47.7 Å². The minimum Gasteiger partial charge on any atom is -0.493 e. The summed E-state index contributed by atoms with van der Waals surface area (Å²) in [5.74, 6) is 1.34. The maximum Gasteiger partial charge on any atom is 0.338 e. The van der Waals surface area contributed by atoms with E-state index in [1.54, 1.807) is 24.3 Å². The molecule has 12 heteroatoms. The predicted molar refractivity (Wildman–Crippen MR) is 148 cm³/mol. The first kappa shape index (κ1) is 32.3. The molecular formula is C28H40N2O10. The van der Waals surface area contributed by atoms with Crippen LogP contribution in [0, 0.1) is 0 Å². The Morgan fingerprint density at radius 2 is 0.825 bits per heavy atom. The van der Waals surface area contributed by atoms with Gasteiger partial charge in [0.05, 0.1) is 53.8 Å². The number of carbonyl (C=O) groups excluding carboxylic acids is 2. The van der Waals surface area contributed by atoms with Crippen LogP contribution in [0.4, 0.5) is 0 Å². The lowest BCUT2D eigenvalue weighted by molar-refractivity contribution is 0.0442. The molecule has 222 valence electrons. The van der Waals surface area contributed by atoms with Crippen LogP contribution in [0.5, 0.6) is 34.5 Å². The molecule has 0 bridgehead atoms. The van der Waals surface area contributed by atoms with Crippen LogP contribution < -0.4 is 28.4 Å². The molecule has 40 heavy (non-hydrogen) atoms. The summed E-state index contributed by atoms with van der Waals surface area (Å²) in [6.45, 7) is 2.95. The zero-order valence-electron chi connectivity index (χ0n) is 24.5. The molecule has 2 aromatic carbocycles. The van der Waals surface area contributed by atoms with E-state index < -0.39 is 11.9 Å². The van der Waals surface area contributed by atoms with Gasteiger partial charge in [-0.05, 0) is 38.4 Å². The molecule has 0 aromatic heterocycles. The molecule has 0 heterocycles. The Bertz CT molecular complexity index is 987. The Labute approximate surface area is 235 Å². The van der Waals surface area contributed by atoms with E-state index in [-0.39, 0.29) is 13.2 Å². The van der Waals surface area contributed by atoms with Crippen molar-refractivity contribution in [1.82, 2.24) is 9.80 Å². The summed E-state index contributed by atoms with van der Waals surface area (Å²) in [4.78, 5) is 29.2. The zero-order valence-corrected chi connectivity index (χ0v) is 24.5. The number of hydrogen-bond donors (Lipinski definition) is 0. The zero-order chi connectivity index (χ0) is 29.7. The largest absolute Gasteiger partial charge is 0.493 e. The molecule has 0 unspecified atom stereocenters. The molecule has 0 saturated heterocycles. The quantitative estimate of drug-likeness (QED) is 0.263. The summed E-state index contributed by atoms with van der Waals surface area (Å²) in [5, 5.41) is 0. The molecule has 0 atom stereocenters. The summed E-state index contributed by atoms with van der Waals surface area (Å²) in [7, 11) is 12.8. The van der Waals surface area contributed by atoms with E-state index in [0.717, 1.165) is 13.1 Å². The van der Waals surface area contributed by atoms with Gasteiger partial charge >= 0.3 is 11.9 Å². The topological polar surface area (TPSA) is 114 Å². The second-order valence-electron chi connectivity index (χ2n) is 8.71. The number of esters is 2. The lowest BCUT2D eigenvalue weighted by atomic mass is 10.2. The molecule has 2 rings (SSSR count). The van der Waals surface area contributed by atoms with Crippen molar-refractivity contribution >= 4 is 11.9 Å². The second kappa shape index (κ2) is 16.3. The predicted octanol–water partition coefficient (Wildman–Crippen LogP) is 2.62. The Morgan fingerprint density at radius 3 is 1.07 bits per heavy atom. The SMILES string of the molecule is COc1cc(C(=O)OCCN(C)CCN(C)CCOC(=O)c2cc(OC)c(OC)c(OC)c2)cc(OC)c1OC. The second-order valence-corrected chi connectivity index (χ2v) is 8.71. The van der Waals surface area contributed by atoms with Crippen LogP contribution >= 0.6 is 0 Å². The Morgan fingerprint density at radius 1 is 0.525 bits per heavy atom. The molecule has 0 spiro atoms. The van der Waals surface area contributed by atoms with Crippen molar-refractivity contribution in [2.24, 2.45) is 0 Å². The average Bonchev–Trinajstić information content (AvgIpc) is 2.97. The van der Waals surface area contributed by atoms with Gasteiger partial charge in [0.2, 0.25) is 11.5 Å².